The molecule has 35 heavy (non-hydrogen) atoms. The van der Waals surface area contributed by atoms with E-state index in [0.29, 0.717) is 25.3 Å². The van der Waals surface area contributed by atoms with E-state index in [4.69, 9.17) is 4.74 Å². The Hall–Kier alpha value is -3.39. The summed E-state index contributed by atoms with van der Waals surface area (Å²) in [6.45, 7) is 3.83. The Kier molecular flexibility index (Phi) is 8.02. The van der Waals surface area contributed by atoms with Gasteiger partial charge in [-0.3, -0.25) is 9.88 Å². The van der Waals surface area contributed by atoms with Gasteiger partial charge in [0.2, 0.25) is 0 Å². The van der Waals surface area contributed by atoms with E-state index < -0.39 is 11.7 Å². The molecule has 1 aliphatic heterocycles. The summed E-state index contributed by atoms with van der Waals surface area (Å²) in [5.74, 6) is 0.448. The van der Waals surface area contributed by atoms with Crippen molar-refractivity contribution >= 4 is 6.09 Å². The molecule has 5 nitrogen and oxygen atoms in total. The van der Waals surface area contributed by atoms with Crippen molar-refractivity contribution in [2.24, 2.45) is 0 Å². The van der Waals surface area contributed by atoms with Crippen LogP contribution in [0.2, 0.25) is 0 Å². The van der Waals surface area contributed by atoms with Crippen molar-refractivity contribution in [2.75, 3.05) is 32.7 Å². The molecule has 2 aromatic carbocycles. The Balaban J connectivity index is 1.19. The molecular weight excluding hydrogens is 455 g/mol. The molecule has 4 rings (SSSR count). The molecule has 1 amide bonds. The van der Waals surface area contributed by atoms with Crippen LogP contribution >= 0.6 is 0 Å². The Bertz CT molecular complexity index is 1080. The van der Waals surface area contributed by atoms with Gasteiger partial charge in [0.05, 0.1) is 5.56 Å². The third-order valence-electron chi connectivity index (χ3n) is 6.08. The number of piperazine rings is 1. The summed E-state index contributed by atoms with van der Waals surface area (Å²) < 4.78 is 43.6. The van der Waals surface area contributed by atoms with Crippen LogP contribution in [-0.4, -0.2) is 53.6 Å². The maximum absolute atomic E-state index is 12.7. The fraction of sp³-hybridized carbons (Fsp3) is 0.333. The topological polar surface area (TPSA) is 45.7 Å². The first-order valence-corrected chi connectivity index (χ1v) is 11.7. The predicted molar refractivity (Wildman–Crippen MR) is 127 cm³/mol. The van der Waals surface area contributed by atoms with Gasteiger partial charge in [-0.2, -0.15) is 13.2 Å². The number of rotatable bonds is 7. The largest absolute Gasteiger partial charge is 0.416 e. The van der Waals surface area contributed by atoms with Crippen LogP contribution in [-0.2, 0) is 19.0 Å². The Morgan fingerprint density at radius 2 is 1.54 bits per heavy atom. The summed E-state index contributed by atoms with van der Waals surface area (Å²) in [6, 6.07) is 18.2. The number of benzene rings is 2. The van der Waals surface area contributed by atoms with E-state index in [-0.39, 0.29) is 6.09 Å². The fourth-order valence-electron chi connectivity index (χ4n) is 4.07. The zero-order chi connectivity index (χ0) is 24.7. The van der Waals surface area contributed by atoms with E-state index in [1.807, 2.05) is 36.5 Å². The molecule has 3 aromatic rings. The van der Waals surface area contributed by atoms with Gasteiger partial charge in [-0.15, -0.1) is 0 Å². The molecule has 184 valence electrons. The first-order chi connectivity index (χ1) is 16.9. The maximum atomic E-state index is 12.7. The highest BCUT2D eigenvalue weighted by atomic mass is 19.4. The molecule has 0 aliphatic carbocycles. The Labute approximate surface area is 203 Å². The summed E-state index contributed by atoms with van der Waals surface area (Å²) in [6.07, 6.45) is -0.426. The number of amides is 1. The summed E-state index contributed by atoms with van der Waals surface area (Å²) >= 11 is 0. The highest BCUT2D eigenvalue weighted by molar-refractivity contribution is 5.70. The maximum Gasteiger partial charge on any atom is 0.416 e. The van der Waals surface area contributed by atoms with Crippen molar-refractivity contribution in [2.45, 2.75) is 25.4 Å². The summed E-state index contributed by atoms with van der Waals surface area (Å²) in [5, 5.41) is 0. The smallest absolute Gasteiger partial charge is 0.410 e. The molecule has 0 N–H and O–H groups in total. The lowest BCUT2D eigenvalue weighted by Gasteiger charge is -2.34. The zero-order valence-electron chi connectivity index (χ0n) is 19.4. The van der Waals surface area contributed by atoms with Crippen LogP contribution in [0.5, 0.6) is 5.75 Å². The van der Waals surface area contributed by atoms with Crippen molar-refractivity contribution < 1.29 is 22.7 Å². The van der Waals surface area contributed by atoms with Crippen LogP contribution in [0.4, 0.5) is 18.0 Å². The molecule has 8 heteroatoms. The van der Waals surface area contributed by atoms with Crippen LogP contribution in [0.25, 0.3) is 0 Å². The summed E-state index contributed by atoms with van der Waals surface area (Å²) in [7, 11) is 0. The number of nitrogens with zero attached hydrogens (tertiary/aromatic N) is 3. The molecule has 0 bridgehead atoms. The number of ether oxygens (including phenoxy) is 1. The number of carbonyl (C=O) groups is 1. The standard InChI is InChI=1S/C27H28F3N3O2/c28-27(29,30)23-10-6-21(7-11-23)20-22-8-12-25(13-9-22)35-26(34)33-18-16-32(17-19-33)15-3-5-24-4-1-2-14-31-24/h1-2,4,6-14H,3,5,15-20H2. The molecule has 0 atom stereocenters. The van der Waals surface area contributed by atoms with E-state index in [1.165, 1.54) is 12.1 Å². The van der Waals surface area contributed by atoms with E-state index >= 15 is 0 Å². The fourth-order valence-corrected chi connectivity index (χ4v) is 4.07. The molecule has 1 fully saturated rings. The normalized spacial score (nSPS) is 14.7. The minimum Gasteiger partial charge on any atom is -0.410 e. The molecule has 0 spiro atoms. The lowest BCUT2D eigenvalue weighted by molar-refractivity contribution is -0.137. The Morgan fingerprint density at radius 1 is 0.886 bits per heavy atom. The number of carbonyl (C=O) groups excluding carboxylic acids is 1. The number of halogens is 3. The van der Waals surface area contributed by atoms with Gasteiger partial charge in [-0.25, -0.2) is 4.79 Å². The molecule has 1 aromatic heterocycles. The predicted octanol–water partition coefficient (Wildman–Crippen LogP) is 5.44. The minimum atomic E-state index is -4.34. The summed E-state index contributed by atoms with van der Waals surface area (Å²) in [4.78, 5) is 21.0. The van der Waals surface area contributed by atoms with E-state index in [9.17, 15) is 18.0 Å². The van der Waals surface area contributed by atoms with Crippen LogP contribution in [0.3, 0.4) is 0 Å². The monoisotopic (exact) mass is 483 g/mol. The average Bonchev–Trinajstić information content (AvgIpc) is 2.86. The number of pyridine rings is 1. The number of hydrogen-bond donors (Lipinski definition) is 0. The SMILES string of the molecule is O=C(Oc1ccc(Cc2ccc(C(F)(F)F)cc2)cc1)N1CCN(CCCc2ccccn2)CC1. The third kappa shape index (κ3) is 7.29. The minimum absolute atomic E-state index is 0.367. The van der Waals surface area contributed by atoms with Crippen LogP contribution in [0.1, 0.15) is 28.8 Å². The molecule has 0 saturated carbocycles. The van der Waals surface area contributed by atoms with Gasteiger partial charge in [-0.05, 0) is 73.3 Å². The van der Waals surface area contributed by atoms with Crippen molar-refractivity contribution in [1.82, 2.24) is 14.8 Å². The van der Waals surface area contributed by atoms with Crippen molar-refractivity contribution in [3.63, 3.8) is 0 Å². The second-order valence-electron chi connectivity index (χ2n) is 8.64. The molecule has 1 saturated heterocycles. The van der Waals surface area contributed by atoms with Crippen molar-refractivity contribution in [3.05, 3.63) is 95.3 Å². The molecule has 0 unspecified atom stereocenters. The van der Waals surface area contributed by atoms with Gasteiger partial charge in [0, 0.05) is 38.1 Å². The molecule has 0 radical (unpaired) electrons. The van der Waals surface area contributed by atoms with Gasteiger partial charge < -0.3 is 9.64 Å². The molecule has 1 aliphatic rings. The highest BCUT2D eigenvalue weighted by Gasteiger charge is 2.30. The van der Waals surface area contributed by atoms with E-state index in [0.717, 1.165) is 61.4 Å². The lowest BCUT2D eigenvalue weighted by atomic mass is 10.0. The Morgan fingerprint density at radius 3 is 2.14 bits per heavy atom. The highest BCUT2D eigenvalue weighted by Crippen LogP contribution is 2.29. The van der Waals surface area contributed by atoms with Gasteiger partial charge >= 0.3 is 12.3 Å². The van der Waals surface area contributed by atoms with Gasteiger partial charge in [0.1, 0.15) is 5.75 Å². The second-order valence-corrected chi connectivity index (χ2v) is 8.64. The van der Waals surface area contributed by atoms with Crippen LogP contribution in [0.15, 0.2) is 72.9 Å². The summed E-state index contributed by atoms with van der Waals surface area (Å²) in [5.41, 5.74) is 2.14. The van der Waals surface area contributed by atoms with Crippen molar-refractivity contribution in [1.29, 1.82) is 0 Å². The van der Waals surface area contributed by atoms with Crippen LogP contribution in [0, 0.1) is 0 Å². The second kappa shape index (κ2) is 11.4. The zero-order valence-corrected chi connectivity index (χ0v) is 19.4. The number of aromatic nitrogens is 1. The van der Waals surface area contributed by atoms with Gasteiger partial charge in [0.15, 0.2) is 0 Å². The van der Waals surface area contributed by atoms with Gasteiger partial charge in [0.25, 0.3) is 0 Å². The number of aryl methyl sites for hydroxylation is 1. The number of hydrogen-bond acceptors (Lipinski definition) is 4. The average molecular weight is 484 g/mol. The quantitative estimate of drug-likeness (QED) is 0.449. The lowest BCUT2D eigenvalue weighted by Crippen LogP contribution is -2.49. The van der Waals surface area contributed by atoms with Crippen molar-refractivity contribution in [3.8, 4) is 5.75 Å². The first-order valence-electron chi connectivity index (χ1n) is 11.7. The third-order valence-corrected chi connectivity index (χ3v) is 6.08. The van der Waals surface area contributed by atoms with Crippen LogP contribution < -0.4 is 4.74 Å². The molecule has 2 heterocycles. The van der Waals surface area contributed by atoms with E-state index in [1.54, 1.807) is 17.0 Å². The van der Waals surface area contributed by atoms with Gasteiger partial charge in [-0.1, -0.05) is 30.3 Å². The van der Waals surface area contributed by atoms with E-state index in [2.05, 4.69) is 9.88 Å². The first kappa shape index (κ1) is 24.7. The molecular formula is C27H28F3N3O2. The number of alkyl halides is 3.